The molecule has 0 aliphatic carbocycles. The highest BCUT2D eigenvalue weighted by Crippen LogP contribution is 2.16. The maximum absolute atomic E-state index is 12.0. The van der Waals surface area contributed by atoms with Gasteiger partial charge in [0.1, 0.15) is 5.75 Å². The van der Waals surface area contributed by atoms with Gasteiger partial charge in [-0.05, 0) is 25.1 Å². The summed E-state index contributed by atoms with van der Waals surface area (Å²) in [5.74, 6) is 0.436. The van der Waals surface area contributed by atoms with E-state index >= 15 is 0 Å². The summed E-state index contributed by atoms with van der Waals surface area (Å²) in [4.78, 5) is 24.1. The SMILES string of the molecule is COc1ccccc1CNC(=O)CC(C)NC(=O)c1ccccc1. The molecule has 2 aromatic carbocycles. The average molecular weight is 326 g/mol. The summed E-state index contributed by atoms with van der Waals surface area (Å²) in [5, 5.41) is 5.67. The number of rotatable bonds is 7. The van der Waals surface area contributed by atoms with Gasteiger partial charge in [-0.2, -0.15) is 0 Å². The van der Waals surface area contributed by atoms with Crippen LogP contribution in [-0.4, -0.2) is 25.0 Å². The zero-order valence-electron chi connectivity index (χ0n) is 13.9. The number of benzene rings is 2. The minimum Gasteiger partial charge on any atom is -0.496 e. The van der Waals surface area contributed by atoms with Gasteiger partial charge in [0.2, 0.25) is 5.91 Å². The van der Waals surface area contributed by atoms with E-state index in [1.165, 1.54) is 0 Å². The molecule has 5 heteroatoms. The van der Waals surface area contributed by atoms with Crippen molar-refractivity contribution in [2.24, 2.45) is 0 Å². The van der Waals surface area contributed by atoms with Crippen molar-refractivity contribution in [2.75, 3.05) is 7.11 Å². The molecule has 0 spiro atoms. The fourth-order valence-electron chi connectivity index (χ4n) is 2.34. The number of para-hydroxylation sites is 1. The number of amides is 2. The third-order valence-electron chi connectivity index (χ3n) is 3.57. The van der Waals surface area contributed by atoms with Gasteiger partial charge in [-0.25, -0.2) is 0 Å². The molecular formula is C19H22N2O3. The molecule has 0 saturated heterocycles. The van der Waals surface area contributed by atoms with Gasteiger partial charge in [0, 0.05) is 30.1 Å². The highest BCUT2D eigenvalue weighted by molar-refractivity contribution is 5.94. The Hall–Kier alpha value is -2.82. The van der Waals surface area contributed by atoms with E-state index in [9.17, 15) is 9.59 Å². The smallest absolute Gasteiger partial charge is 0.251 e. The van der Waals surface area contributed by atoms with Crippen LogP contribution in [0.2, 0.25) is 0 Å². The molecule has 126 valence electrons. The summed E-state index contributed by atoms with van der Waals surface area (Å²) >= 11 is 0. The van der Waals surface area contributed by atoms with E-state index in [-0.39, 0.29) is 24.3 Å². The first-order valence-corrected chi connectivity index (χ1v) is 7.84. The molecule has 2 aromatic rings. The second-order valence-electron chi connectivity index (χ2n) is 5.53. The lowest BCUT2D eigenvalue weighted by Crippen LogP contribution is -2.37. The third kappa shape index (κ3) is 5.12. The van der Waals surface area contributed by atoms with Gasteiger partial charge in [0.05, 0.1) is 7.11 Å². The molecule has 0 saturated carbocycles. The van der Waals surface area contributed by atoms with Crippen LogP contribution in [0.15, 0.2) is 54.6 Å². The van der Waals surface area contributed by atoms with Gasteiger partial charge in [0.15, 0.2) is 0 Å². The van der Waals surface area contributed by atoms with Gasteiger partial charge in [-0.3, -0.25) is 9.59 Å². The molecule has 0 aromatic heterocycles. The summed E-state index contributed by atoms with van der Waals surface area (Å²) in [5.41, 5.74) is 1.49. The molecule has 1 unspecified atom stereocenters. The second kappa shape index (κ2) is 8.72. The summed E-state index contributed by atoms with van der Waals surface area (Å²) in [6, 6.07) is 16.2. The van der Waals surface area contributed by atoms with E-state index in [0.717, 1.165) is 11.3 Å². The van der Waals surface area contributed by atoms with Gasteiger partial charge < -0.3 is 15.4 Å². The molecule has 0 fully saturated rings. The highest BCUT2D eigenvalue weighted by Gasteiger charge is 2.13. The van der Waals surface area contributed by atoms with Crippen molar-refractivity contribution in [3.05, 3.63) is 65.7 Å². The Morgan fingerprint density at radius 1 is 1.04 bits per heavy atom. The van der Waals surface area contributed by atoms with E-state index in [1.807, 2.05) is 37.3 Å². The first-order chi connectivity index (χ1) is 11.6. The lowest BCUT2D eigenvalue weighted by molar-refractivity contribution is -0.121. The van der Waals surface area contributed by atoms with Crippen molar-refractivity contribution >= 4 is 11.8 Å². The lowest BCUT2D eigenvalue weighted by Gasteiger charge is -2.14. The Bertz CT molecular complexity index is 686. The van der Waals surface area contributed by atoms with Crippen LogP contribution in [0.25, 0.3) is 0 Å². The van der Waals surface area contributed by atoms with Crippen LogP contribution in [-0.2, 0) is 11.3 Å². The Balaban J connectivity index is 1.80. The van der Waals surface area contributed by atoms with Crippen LogP contribution in [0.3, 0.4) is 0 Å². The zero-order chi connectivity index (χ0) is 17.4. The van der Waals surface area contributed by atoms with Crippen molar-refractivity contribution < 1.29 is 14.3 Å². The molecule has 2 rings (SSSR count). The van der Waals surface area contributed by atoms with Gasteiger partial charge in [-0.1, -0.05) is 36.4 Å². The van der Waals surface area contributed by atoms with Crippen LogP contribution >= 0.6 is 0 Å². The second-order valence-corrected chi connectivity index (χ2v) is 5.53. The number of ether oxygens (including phenoxy) is 1. The zero-order valence-corrected chi connectivity index (χ0v) is 13.9. The molecule has 0 aliphatic heterocycles. The molecule has 0 heterocycles. The average Bonchev–Trinajstić information content (AvgIpc) is 2.60. The monoisotopic (exact) mass is 326 g/mol. The molecule has 5 nitrogen and oxygen atoms in total. The number of methoxy groups -OCH3 is 1. The van der Waals surface area contributed by atoms with Crippen molar-refractivity contribution in [3.8, 4) is 5.75 Å². The summed E-state index contributed by atoms with van der Waals surface area (Å²) in [6.07, 6.45) is 0.216. The van der Waals surface area contributed by atoms with E-state index < -0.39 is 0 Å². The molecule has 2 N–H and O–H groups in total. The quantitative estimate of drug-likeness (QED) is 0.821. The molecule has 1 atom stereocenters. The number of carbonyl (C=O) groups is 2. The van der Waals surface area contributed by atoms with Gasteiger partial charge in [-0.15, -0.1) is 0 Å². The minimum atomic E-state index is -0.254. The molecule has 2 amide bonds. The highest BCUT2D eigenvalue weighted by atomic mass is 16.5. The van der Waals surface area contributed by atoms with E-state index in [2.05, 4.69) is 10.6 Å². The predicted molar refractivity (Wildman–Crippen MR) is 92.8 cm³/mol. The Labute approximate surface area is 142 Å². The number of hydrogen-bond acceptors (Lipinski definition) is 3. The van der Waals surface area contributed by atoms with Crippen LogP contribution in [0, 0.1) is 0 Å². The van der Waals surface area contributed by atoms with Gasteiger partial charge >= 0.3 is 0 Å². The number of carbonyl (C=O) groups excluding carboxylic acids is 2. The number of nitrogens with one attached hydrogen (secondary N) is 2. The summed E-state index contributed by atoms with van der Waals surface area (Å²) < 4.78 is 5.25. The Kier molecular flexibility index (Phi) is 6.37. The lowest BCUT2D eigenvalue weighted by atomic mass is 10.1. The van der Waals surface area contributed by atoms with E-state index in [1.54, 1.807) is 31.4 Å². The largest absolute Gasteiger partial charge is 0.496 e. The summed E-state index contributed by atoms with van der Waals surface area (Å²) in [7, 11) is 1.60. The first kappa shape index (κ1) is 17.5. The van der Waals surface area contributed by atoms with Crippen LogP contribution in [0.1, 0.15) is 29.3 Å². The molecular weight excluding hydrogens is 304 g/mol. The molecule has 24 heavy (non-hydrogen) atoms. The number of hydrogen-bond donors (Lipinski definition) is 2. The Morgan fingerprint density at radius 2 is 1.71 bits per heavy atom. The van der Waals surface area contributed by atoms with E-state index in [4.69, 9.17) is 4.74 Å². The van der Waals surface area contributed by atoms with Crippen molar-refractivity contribution in [1.29, 1.82) is 0 Å². The van der Waals surface area contributed by atoms with E-state index in [0.29, 0.717) is 12.1 Å². The third-order valence-corrected chi connectivity index (χ3v) is 3.57. The summed E-state index contributed by atoms with van der Waals surface area (Å²) in [6.45, 7) is 2.20. The Morgan fingerprint density at radius 3 is 2.42 bits per heavy atom. The standard InChI is InChI=1S/C19H22N2O3/c1-14(21-19(23)15-8-4-3-5-9-15)12-18(22)20-13-16-10-6-7-11-17(16)24-2/h3-11,14H,12-13H2,1-2H3,(H,20,22)(H,21,23). The van der Waals surface area contributed by atoms with Crippen LogP contribution in [0.4, 0.5) is 0 Å². The fraction of sp³-hybridized carbons (Fsp3) is 0.263. The topological polar surface area (TPSA) is 67.4 Å². The molecule has 0 radical (unpaired) electrons. The maximum atomic E-state index is 12.0. The predicted octanol–water partition coefficient (Wildman–Crippen LogP) is 2.52. The van der Waals surface area contributed by atoms with Gasteiger partial charge in [0.25, 0.3) is 5.91 Å². The minimum absolute atomic E-state index is 0.123. The molecule has 0 bridgehead atoms. The van der Waals surface area contributed by atoms with Crippen LogP contribution < -0.4 is 15.4 Å². The maximum Gasteiger partial charge on any atom is 0.251 e. The van der Waals surface area contributed by atoms with Crippen molar-refractivity contribution in [3.63, 3.8) is 0 Å². The molecule has 0 aliphatic rings. The van der Waals surface area contributed by atoms with Crippen molar-refractivity contribution in [1.82, 2.24) is 10.6 Å². The van der Waals surface area contributed by atoms with Crippen LogP contribution in [0.5, 0.6) is 5.75 Å². The van der Waals surface area contributed by atoms with Crippen molar-refractivity contribution in [2.45, 2.75) is 25.9 Å². The fourth-order valence-corrected chi connectivity index (χ4v) is 2.34. The first-order valence-electron chi connectivity index (χ1n) is 7.84. The normalized spacial score (nSPS) is 11.4.